The molecular formula is C19H22N4O5. The van der Waals surface area contributed by atoms with E-state index in [4.69, 9.17) is 0 Å². The van der Waals surface area contributed by atoms with Gasteiger partial charge in [0.25, 0.3) is 0 Å². The first-order chi connectivity index (χ1) is 13.2. The second kappa shape index (κ2) is 8.47. The molecule has 0 radical (unpaired) electrons. The van der Waals surface area contributed by atoms with E-state index in [0.717, 1.165) is 20.4 Å². The minimum atomic E-state index is -0.843. The molecule has 0 saturated heterocycles. The maximum Gasteiger partial charge on any atom is 0.346 e. The summed E-state index contributed by atoms with van der Waals surface area (Å²) in [5.41, 5.74) is 0.314. The number of nitrogens with one attached hydrogen (secondary N) is 2. The van der Waals surface area contributed by atoms with Crippen LogP contribution in [0, 0.1) is 5.41 Å². The number of hydrogen-bond donors (Lipinski definition) is 2. The van der Waals surface area contributed by atoms with Crippen LogP contribution in [-0.4, -0.2) is 42.0 Å². The van der Waals surface area contributed by atoms with Crippen LogP contribution in [0.5, 0.6) is 0 Å². The van der Waals surface area contributed by atoms with Crippen molar-refractivity contribution in [3.05, 3.63) is 36.3 Å². The summed E-state index contributed by atoms with van der Waals surface area (Å²) in [6.45, 7) is 5.46. The van der Waals surface area contributed by atoms with E-state index in [9.17, 15) is 14.4 Å². The Morgan fingerprint density at radius 2 is 1.68 bits per heavy atom. The average molecular weight is 386 g/mol. The number of esters is 2. The fourth-order valence-electron chi connectivity index (χ4n) is 2.13. The van der Waals surface area contributed by atoms with Crippen molar-refractivity contribution in [2.24, 2.45) is 5.41 Å². The summed E-state index contributed by atoms with van der Waals surface area (Å²) in [6.07, 6.45) is 2.48. The summed E-state index contributed by atoms with van der Waals surface area (Å²) in [7, 11) is 2.32. The quantitative estimate of drug-likeness (QED) is 0.347. The van der Waals surface area contributed by atoms with Crippen molar-refractivity contribution >= 4 is 40.3 Å². The van der Waals surface area contributed by atoms with E-state index in [-0.39, 0.29) is 11.5 Å². The van der Waals surface area contributed by atoms with E-state index in [2.05, 4.69) is 30.1 Å². The van der Waals surface area contributed by atoms with Crippen LogP contribution in [0.25, 0.3) is 10.9 Å². The van der Waals surface area contributed by atoms with Crippen LogP contribution in [0.4, 0.5) is 11.5 Å². The highest BCUT2D eigenvalue weighted by molar-refractivity contribution is 6.14. The SMILES string of the molecule is COC(=O)C(=CNc1ncnc2cc(NC(=O)C(C)(C)C)ccc12)C(=O)OC. The minimum absolute atomic E-state index is 0.122. The van der Waals surface area contributed by atoms with Gasteiger partial charge in [-0.05, 0) is 18.2 Å². The molecule has 1 heterocycles. The maximum absolute atomic E-state index is 12.1. The Morgan fingerprint density at radius 1 is 1.04 bits per heavy atom. The fourth-order valence-corrected chi connectivity index (χ4v) is 2.13. The second-order valence-corrected chi connectivity index (χ2v) is 6.84. The number of anilines is 2. The predicted octanol–water partition coefficient (Wildman–Crippen LogP) is 2.26. The lowest BCUT2D eigenvalue weighted by molar-refractivity contribution is -0.144. The number of methoxy groups -OCH3 is 2. The standard InChI is InChI=1S/C19H22N4O5/c1-19(2,3)18(26)23-11-6-7-12-14(8-11)21-10-22-15(12)20-9-13(16(24)27-4)17(25)28-5/h6-10H,1-5H3,(H,23,26)(H,20,21,22). The van der Waals surface area contributed by atoms with Gasteiger partial charge in [-0.15, -0.1) is 0 Å². The van der Waals surface area contributed by atoms with Crippen molar-refractivity contribution in [1.82, 2.24) is 9.97 Å². The largest absolute Gasteiger partial charge is 0.465 e. The van der Waals surface area contributed by atoms with Crippen molar-refractivity contribution < 1.29 is 23.9 Å². The van der Waals surface area contributed by atoms with E-state index in [1.165, 1.54) is 6.33 Å². The van der Waals surface area contributed by atoms with Gasteiger partial charge in [0.2, 0.25) is 5.91 Å². The lowest BCUT2D eigenvalue weighted by Crippen LogP contribution is -2.27. The zero-order valence-electron chi connectivity index (χ0n) is 16.3. The topological polar surface area (TPSA) is 120 Å². The summed E-state index contributed by atoms with van der Waals surface area (Å²) in [6, 6.07) is 5.14. The van der Waals surface area contributed by atoms with E-state index in [1.54, 1.807) is 18.2 Å². The molecule has 2 rings (SSSR count). The Kier molecular flexibility index (Phi) is 6.29. The molecule has 28 heavy (non-hydrogen) atoms. The molecule has 0 spiro atoms. The molecule has 0 saturated carbocycles. The summed E-state index contributed by atoms with van der Waals surface area (Å²) in [4.78, 5) is 43.9. The minimum Gasteiger partial charge on any atom is -0.465 e. The lowest BCUT2D eigenvalue weighted by Gasteiger charge is -2.17. The van der Waals surface area contributed by atoms with E-state index in [1.807, 2.05) is 20.8 Å². The van der Waals surface area contributed by atoms with Crippen LogP contribution in [0.2, 0.25) is 0 Å². The number of fused-ring (bicyclic) bond motifs is 1. The number of carbonyl (C=O) groups is 3. The van der Waals surface area contributed by atoms with Crippen molar-refractivity contribution in [2.75, 3.05) is 24.9 Å². The summed E-state index contributed by atoms with van der Waals surface area (Å²) in [5, 5.41) is 6.26. The van der Waals surface area contributed by atoms with Gasteiger partial charge in [0.1, 0.15) is 12.1 Å². The summed E-state index contributed by atoms with van der Waals surface area (Å²) in [5.74, 6) is -1.44. The number of ether oxygens (including phenoxy) is 2. The van der Waals surface area contributed by atoms with Crippen molar-refractivity contribution in [3.8, 4) is 0 Å². The summed E-state index contributed by atoms with van der Waals surface area (Å²) >= 11 is 0. The zero-order chi connectivity index (χ0) is 20.9. The van der Waals surface area contributed by atoms with Crippen molar-refractivity contribution in [3.63, 3.8) is 0 Å². The Labute approximate surface area is 162 Å². The van der Waals surface area contributed by atoms with E-state index >= 15 is 0 Å². The maximum atomic E-state index is 12.1. The third kappa shape index (κ3) is 4.81. The van der Waals surface area contributed by atoms with Gasteiger partial charge in [-0.25, -0.2) is 19.6 Å². The first-order valence-corrected chi connectivity index (χ1v) is 8.37. The van der Waals surface area contributed by atoms with Gasteiger partial charge in [0.05, 0.1) is 19.7 Å². The highest BCUT2D eigenvalue weighted by atomic mass is 16.5. The number of aromatic nitrogens is 2. The molecule has 2 N–H and O–H groups in total. The molecule has 9 heteroatoms. The molecule has 2 aromatic rings. The molecule has 0 aliphatic rings. The zero-order valence-corrected chi connectivity index (χ0v) is 16.3. The second-order valence-electron chi connectivity index (χ2n) is 6.84. The van der Waals surface area contributed by atoms with Gasteiger partial charge in [0, 0.05) is 22.7 Å². The Bertz CT molecular complexity index is 929. The molecule has 148 valence electrons. The van der Waals surface area contributed by atoms with Crippen LogP contribution in [0.3, 0.4) is 0 Å². The van der Waals surface area contributed by atoms with Crippen LogP contribution < -0.4 is 10.6 Å². The summed E-state index contributed by atoms with van der Waals surface area (Å²) < 4.78 is 9.14. The molecule has 0 atom stereocenters. The third-order valence-electron chi connectivity index (χ3n) is 3.74. The van der Waals surface area contributed by atoms with Crippen molar-refractivity contribution in [2.45, 2.75) is 20.8 Å². The Balaban J connectivity index is 2.34. The Hall–Kier alpha value is -3.49. The molecule has 1 aromatic carbocycles. The van der Waals surface area contributed by atoms with Gasteiger partial charge in [-0.2, -0.15) is 0 Å². The molecular weight excluding hydrogens is 364 g/mol. The molecule has 0 unspecified atom stereocenters. The smallest absolute Gasteiger partial charge is 0.346 e. The number of benzene rings is 1. The first-order valence-electron chi connectivity index (χ1n) is 8.37. The fraction of sp³-hybridized carbons (Fsp3) is 0.316. The first kappa shape index (κ1) is 20.8. The van der Waals surface area contributed by atoms with Crippen LogP contribution >= 0.6 is 0 Å². The average Bonchev–Trinajstić information content (AvgIpc) is 2.66. The Morgan fingerprint density at radius 3 is 2.25 bits per heavy atom. The van der Waals surface area contributed by atoms with Gasteiger partial charge in [0.15, 0.2) is 5.57 Å². The highest BCUT2D eigenvalue weighted by Crippen LogP contribution is 2.24. The van der Waals surface area contributed by atoms with E-state index in [0.29, 0.717) is 22.4 Å². The molecule has 0 aliphatic heterocycles. The lowest BCUT2D eigenvalue weighted by atomic mass is 9.95. The predicted molar refractivity (Wildman–Crippen MR) is 103 cm³/mol. The number of carbonyl (C=O) groups excluding carboxylic acids is 3. The molecule has 1 aromatic heterocycles. The number of nitrogens with zero attached hydrogens (tertiary/aromatic N) is 2. The van der Waals surface area contributed by atoms with Crippen LogP contribution in [0.15, 0.2) is 36.3 Å². The molecule has 1 amide bonds. The van der Waals surface area contributed by atoms with E-state index < -0.39 is 17.4 Å². The van der Waals surface area contributed by atoms with Crippen LogP contribution in [-0.2, 0) is 23.9 Å². The normalized spacial score (nSPS) is 10.8. The monoisotopic (exact) mass is 386 g/mol. The van der Waals surface area contributed by atoms with Crippen LogP contribution in [0.1, 0.15) is 20.8 Å². The molecule has 0 fully saturated rings. The number of amides is 1. The van der Waals surface area contributed by atoms with Gasteiger partial charge >= 0.3 is 11.9 Å². The van der Waals surface area contributed by atoms with Gasteiger partial charge in [-0.3, -0.25) is 4.79 Å². The highest BCUT2D eigenvalue weighted by Gasteiger charge is 2.22. The molecule has 0 aliphatic carbocycles. The van der Waals surface area contributed by atoms with Crippen molar-refractivity contribution in [1.29, 1.82) is 0 Å². The molecule has 9 nitrogen and oxygen atoms in total. The third-order valence-corrected chi connectivity index (χ3v) is 3.74. The number of rotatable bonds is 5. The number of hydrogen-bond acceptors (Lipinski definition) is 8. The van der Waals surface area contributed by atoms with Gasteiger partial charge in [-0.1, -0.05) is 20.8 Å². The van der Waals surface area contributed by atoms with Gasteiger partial charge < -0.3 is 20.1 Å². The molecule has 0 bridgehead atoms.